The molecule has 2 aromatic carbocycles. The van der Waals surface area contributed by atoms with Crippen molar-refractivity contribution in [3.63, 3.8) is 0 Å². The summed E-state index contributed by atoms with van der Waals surface area (Å²) in [5.41, 5.74) is 8.41. The number of anilines is 2. The van der Waals surface area contributed by atoms with E-state index in [4.69, 9.17) is 5.73 Å². The van der Waals surface area contributed by atoms with Crippen LogP contribution in [-0.4, -0.2) is 17.6 Å². The zero-order valence-corrected chi connectivity index (χ0v) is 11.6. The first kappa shape index (κ1) is 13.9. The molecular formula is C16H18N2O2. The fraction of sp³-hybridized carbons (Fsp3) is 0.188. The number of rotatable bonds is 3. The Kier molecular flexibility index (Phi) is 3.94. The van der Waals surface area contributed by atoms with Gasteiger partial charge in [0.25, 0.3) is 5.91 Å². The summed E-state index contributed by atoms with van der Waals surface area (Å²) in [4.78, 5) is 14.2. The highest BCUT2D eigenvalue weighted by Gasteiger charge is 2.19. The van der Waals surface area contributed by atoms with Gasteiger partial charge in [-0.15, -0.1) is 0 Å². The Labute approximate surface area is 118 Å². The van der Waals surface area contributed by atoms with Gasteiger partial charge in [0.2, 0.25) is 0 Å². The van der Waals surface area contributed by atoms with Gasteiger partial charge in [-0.25, -0.2) is 0 Å². The quantitative estimate of drug-likeness (QED) is 0.665. The number of nitrogen functional groups attached to an aromatic ring is 1. The molecule has 0 bridgehead atoms. The molecule has 2 aromatic rings. The van der Waals surface area contributed by atoms with Crippen molar-refractivity contribution in [1.29, 1.82) is 0 Å². The molecule has 0 spiro atoms. The van der Waals surface area contributed by atoms with Gasteiger partial charge in [-0.1, -0.05) is 12.1 Å². The molecule has 3 N–H and O–H groups in total. The third kappa shape index (κ3) is 2.74. The summed E-state index contributed by atoms with van der Waals surface area (Å²) >= 11 is 0. The summed E-state index contributed by atoms with van der Waals surface area (Å²) in [6.45, 7) is 4.40. The van der Waals surface area contributed by atoms with Gasteiger partial charge in [0.1, 0.15) is 5.75 Å². The van der Waals surface area contributed by atoms with Crippen LogP contribution in [0.5, 0.6) is 5.75 Å². The Morgan fingerprint density at radius 3 is 2.65 bits per heavy atom. The number of phenols is 1. The van der Waals surface area contributed by atoms with Crippen molar-refractivity contribution in [2.24, 2.45) is 0 Å². The van der Waals surface area contributed by atoms with Crippen LogP contribution in [-0.2, 0) is 0 Å². The van der Waals surface area contributed by atoms with Crippen LogP contribution in [0.15, 0.2) is 42.5 Å². The molecule has 0 atom stereocenters. The highest BCUT2D eigenvalue weighted by atomic mass is 16.3. The summed E-state index contributed by atoms with van der Waals surface area (Å²) in [5.74, 6) is -0.186. The van der Waals surface area contributed by atoms with Crippen molar-refractivity contribution in [2.45, 2.75) is 13.8 Å². The van der Waals surface area contributed by atoms with Gasteiger partial charge < -0.3 is 15.7 Å². The molecule has 0 heterocycles. The predicted octanol–water partition coefficient (Wildman–Crippen LogP) is 2.95. The van der Waals surface area contributed by atoms with E-state index in [1.165, 1.54) is 18.2 Å². The van der Waals surface area contributed by atoms with Crippen LogP contribution in [0.3, 0.4) is 0 Å². The van der Waals surface area contributed by atoms with E-state index in [1.807, 2.05) is 38.1 Å². The molecule has 4 nitrogen and oxygen atoms in total. The molecule has 0 aromatic heterocycles. The molecule has 1 amide bonds. The lowest BCUT2D eigenvalue weighted by Gasteiger charge is -2.22. The van der Waals surface area contributed by atoms with Crippen LogP contribution in [0.4, 0.5) is 11.4 Å². The Morgan fingerprint density at radius 1 is 1.25 bits per heavy atom. The second-order valence-corrected chi connectivity index (χ2v) is 4.66. The number of benzene rings is 2. The minimum absolute atomic E-state index is 0.0304. The molecule has 0 radical (unpaired) electrons. The zero-order chi connectivity index (χ0) is 14.7. The van der Waals surface area contributed by atoms with E-state index in [2.05, 4.69) is 0 Å². The number of hydrogen-bond donors (Lipinski definition) is 2. The SMILES string of the molecule is CCN(C(=O)c1cc(O)ccc1N)c1cccc(C)c1. The van der Waals surface area contributed by atoms with Crippen LogP contribution in [0.1, 0.15) is 22.8 Å². The third-order valence-corrected chi connectivity index (χ3v) is 3.14. The zero-order valence-electron chi connectivity index (χ0n) is 11.6. The number of phenolic OH excluding ortho intramolecular Hbond substituents is 1. The van der Waals surface area contributed by atoms with Crippen molar-refractivity contribution in [3.05, 3.63) is 53.6 Å². The first-order valence-electron chi connectivity index (χ1n) is 6.50. The largest absolute Gasteiger partial charge is 0.508 e. The average Bonchev–Trinajstić information content (AvgIpc) is 2.42. The van der Waals surface area contributed by atoms with E-state index < -0.39 is 0 Å². The van der Waals surface area contributed by atoms with E-state index in [-0.39, 0.29) is 11.7 Å². The van der Waals surface area contributed by atoms with Crippen LogP contribution in [0.25, 0.3) is 0 Å². The van der Waals surface area contributed by atoms with Gasteiger partial charge >= 0.3 is 0 Å². The highest BCUT2D eigenvalue weighted by molar-refractivity contribution is 6.09. The standard InChI is InChI=1S/C16H18N2O2/c1-3-18(12-6-4-5-11(2)9-12)16(20)14-10-13(19)7-8-15(14)17/h4-10,19H,3,17H2,1-2H3. The number of hydrogen-bond acceptors (Lipinski definition) is 3. The number of aromatic hydroxyl groups is 1. The maximum atomic E-state index is 12.6. The van der Waals surface area contributed by atoms with Gasteiger partial charge in [0.05, 0.1) is 5.56 Å². The summed E-state index contributed by atoms with van der Waals surface area (Å²) < 4.78 is 0. The first-order chi connectivity index (χ1) is 9.52. The molecule has 0 aliphatic heterocycles. The second kappa shape index (κ2) is 5.65. The number of amides is 1. The molecule has 4 heteroatoms. The maximum absolute atomic E-state index is 12.6. The minimum atomic E-state index is -0.216. The molecule has 0 saturated heterocycles. The fourth-order valence-corrected chi connectivity index (χ4v) is 2.11. The highest BCUT2D eigenvalue weighted by Crippen LogP contribution is 2.24. The lowest BCUT2D eigenvalue weighted by atomic mass is 10.1. The van der Waals surface area contributed by atoms with Crippen molar-refractivity contribution >= 4 is 17.3 Å². The Balaban J connectivity index is 2.41. The Hall–Kier alpha value is -2.49. The molecule has 0 saturated carbocycles. The van der Waals surface area contributed by atoms with Crippen LogP contribution in [0, 0.1) is 6.92 Å². The lowest BCUT2D eigenvalue weighted by Crippen LogP contribution is -2.31. The topological polar surface area (TPSA) is 66.6 Å². The van der Waals surface area contributed by atoms with Gasteiger partial charge in [-0.05, 0) is 49.7 Å². The predicted molar refractivity (Wildman–Crippen MR) is 81.0 cm³/mol. The molecule has 0 fully saturated rings. The van der Waals surface area contributed by atoms with E-state index in [0.29, 0.717) is 17.8 Å². The summed E-state index contributed by atoms with van der Waals surface area (Å²) in [7, 11) is 0. The van der Waals surface area contributed by atoms with Crippen molar-refractivity contribution in [3.8, 4) is 5.75 Å². The number of carbonyl (C=O) groups is 1. The van der Waals surface area contributed by atoms with Crippen LogP contribution < -0.4 is 10.6 Å². The van der Waals surface area contributed by atoms with Gasteiger partial charge in [-0.3, -0.25) is 4.79 Å². The molecule has 20 heavy (non-hydrogen) atoms. The minimum Gasteiger partial charge on any atom is -0.508 e. The second-order valence-electron chi connectivity index (χ2n) is 4.66. The van der Waals surface area contributed by atoms with Crippen molar-refractivity contribution in [2.75, 3.05) is 17.2 Å². The lowest BCUT2D eigenvalue weighted by molar-refractivity contribution is 0.0989. The monoisotopic (exact) mass is 270 g/mol. The average molecular weight is 270 g/mol. The fourth-order valence-electron chi connectivity index (χ4n) is 2.11. The molecule has 0 unspecified atom stereocenters. The molecule has 104 valence electrons. The third-order valence-electron chi connectivity index (χ3n) is 3.14. The molecule has 0 aliphatic carbocycles. The normalized spacial score (nSPS) is 10.3. The molecular weight excluding hydrogens is 252 g/mol. The van der Waals surface area contributed by atoms with E-state index in [9.17, 15) is 9.90 Å². The van der Waals surface area contributed by atoms with Gasteiger partial charge in [0, 0.05) is 17.9 Å². The maximum Gasteiger partial charge on any atom is 0.260 e. The summed E-state index contributed by atoms with van der Waals surface area (Å²) in [6, 6.07) is 12.1. The Bertz CT molecular complexity index is 638. The van der Waals surface area contributed by atoms with E-state index in [0.717, 1.165) is 11.3 Å². The molecule has 2 rings (SSSR count). The number of aryl methyl sites for hydroxylation is 1. The smallest absolute Gasteiger partial charge is 0.260 e. The molecule has 0 aliphatic rings. The Morgan fingerprint density at radius 2 is 2.00 bits per heavy atom. The van der Waals surface area contributed by atoms with Crippen LogP contribution >= 0.6 is 0 Å². The summed E-state index contributed by atoms with van der Waals surface area (Å²) in [5, 5.41) is 9.53. The van der Waals surface area contributed by atoms with Crippen molar-refractivity contribution in [1.82, 2.24) is 0 Å². The first-order valence-corrected chi connectivity index (χ1v) is 6.50. The van der Waals surface area contributed by atoms with E-state index >= 15 is 0 Å². The number of carbonyl (C=O) groups excluding carboxylic acids is 1. The van der Waals surface area contributed by atoms with Crippen LogP contribution in [0.2, 0.25) is 0 Å². The van der Waals surface area contributed by atoms with E-state index in [1.54, 1.807) is 4.90 Å². The number of nitrogens with two attached hydrogens (primary N) is 1. The van der Waals surface area contributed by atoms with Gasteiger partial charge in [-0.2, -0.15) is 0 Å². The van der Waals surface area contributed by atoms with Crippen molar-refractivity contribution < 1.29 is 9.90 Å². The summed E-state index contributed by atoms with van der Waals surface area (Å²) in [6.07, 6.45) is 0. The van der Waals surface area contributed by atoms with Gasteiger partial charge in [0.15, 0.2) is 0 Å². The number of nitrogens with zero attached hydrogens (tertiary/aromatic N) is 1.